The highest BCUT2D eigenvalue weighted by Gasteiger charge is 2.45. The molecule has 0 radical (unpaired) electrons. The van der Waals surface area contributed by atoms with Gasteiger partial charge in [0.2, 0.25) is 0 Å². The molecule has 1 aliphatic carbocycles. The van der Waals surface area contributed by atoms with E-state index in [-0.39, 0.29) is 5.41 Å². The number of ether oxygens (including phenoxy) is 1. The van der Waals surface area contributed by atoms with Crippen molar-refractivity contribution < 1.29 is 9.84 Å². The van der Waals surface area contributed by atoms with Crippen molar-refractivity contribution >= 4 is 28.9 Å². The molecular formula is C21H25ClN2O2S. The zero-order chi connectivity index (χ0) is 19.5. The minimum atomic E-state index is -0.855. The first kappa shape index (κ1) is 20.3. The summed E-state index contributed by atoms with van der Waals surface area (Å²) in [6.45, 7) is 4.24. The quantitative estimate of drug-likeness (QED) is 0.489. The summed E-state index contributed by atoms with van der Waals surface area (Å²) in [6.07, 6.45) is 6.05. The van der Waals surface area contributed by atoms with Crippen LogP contribution in [0, 0.1) is 16.7 Å². The standard InChI is InChI=1S/C21H25ClN2O2S/c1-20(2,22)26-19(25)11-21(8-9-21)14-27-18-7-10-24-13-17(18)16-5-3-15(12-23)4-6-16/h3-7,10,19,24-25H,8-9,11,13-14H2,1-2H3. The number of rotatable bonds is 8. The normalized spacial score (nSPS) is 19.4. The summed E-state index contributed by atoms with van der Waals surface area (Å²) in [4.78, 5) is 1.23. The van der Waals surface area contributed by atoms with Crippen LogP contribution in [0.4, 0.5) is 0 Å². The maximum absolute atomic E-state index is 10.2. The number of benzene rings is 1. The maximum atomic E-state index is 10.2. The van der Waals surface area contributed by atoms with E-state index in [2.05, 4.69) is 17.5 Å². The molecule has 1 saturated carbocycles. The number of nitriles is 1. The number of halogens is 1. The van der Waals surface area contributed by atoms with E-state index >= 15 is 0 Å². The Kier molecular flexibility index (Phi) is 6.22. The molecule has 1 aromatic carbocycles. The van der Waals surface area contributed by atoms with Crippen LogP contribution in [0.15, 0.2) is 41.4 Å². The first-order valence-electron chi connectivity index (χ1n) is 9.12. The largest absolute Gasteiger partial charge is 0.387 e. The Hall–Kier alpha value is -1.45. The molecule has 6 heteroatoms. The van der Waals surface area contributed by atoms with Crippen molar-refractivity contribution in [1.82, 2.24) is 5.32 Å². The van der Waals surface area contributed by atoms with Gasteiger partial charge >= 0.3 is 0 Å². The highest BCUT2D eigenvalue weighted by atomic mass is 35.5. The fourth-order valence-electron chi connectivity index (χ4n) is 3.16. The van der Waals surface area contributed by atoms with Crippen molar-refractivity contribution in [3.8, 4) is 6.07 Å². The molecule has 1 aliphatic heterocycles. The lowest BCUT2D eigenvalue weighted by atomic mass is 10.0. The lowest BCUT2D eigenvalue weighted by molar-refractivity contribution is -0.151. The Balaban J connectivity index is 1.66. The molecule has 0 saturated heterocycles. The Labute approximate surface area is 170 Å². The van der Waals surface area contributed by atoms with Gasteiger partial charge < -0.3 is 15.2 Å². The molecule has 1 heterocycles. The molecule has 1 atom stereocenters. The van der Waals surface area contributed by atoms with Crippen LogP contribution in [-0.2, 0) is 4.74 Å². The topological polar surface area (TPSA) is 65.3 Å². The summed E-state index contributed by atoms with van der Waals surface area (Å²) in [7, 11) is 0. The van der Waals surface area contributed by atoms with Crippen LogP contribution in [-0.4, -0.2) is 28.8 Å². The second-order valence-corrected chi connectivity index (χ2v) is 9.60. The average Bonchev–Trinajstić information content (AvgIpc) is 3.38. The van der Waals surface area contributed by atoms with E-state index in [1.54, 1.807) is 13.8 Å². The van der Waals surface area contributed by atoms with Gasteiger partial charge in [0.25, 0.3) is 0 Å². The molecule has 4 nitrogen and oxygen atoms in total. The highest BCUT2D eigenvalue weighted by Crippen LogP contribution is 2.53. The number of allylic oxidation sites excluding steroid dienone is 1. The first-order valence-corrected chi connectivity index (χ1v) is 10.5. The Morgan fingerprint density at radius 2 is 2.07 bits per heavy atom. The molecule has 0 spiro atoms. The zero-order valence-electron chi connectivity index (χ0n) is 15.7. The lowest BCUT2D eigenvalue weighted by Crippen LogP contribution is -2.28. The van der Waals surface area contributed by atoms with Crippen molar-refractivity contribution in [2.75, 3.05) is 12.3 Å². The number of hydrogen-bond acceptors (Lipinski definition) is 5. The van der Waals surface area contributed by atoms with Crippen LogP contribution in [0.2, 0.25) is 0 Å². The minimum Gasteiger partial charge on any atom is -0.387 e. The van der Waals surface area contributed by atoms with E-state index in [0.717, 1.165) is 30.7 Å². The van der Waals surface area contributed by atoms with Gasteiger partial charge in [-0.1, -0.05) is 23.7 Å². The van der Waals surface area contributed by atoms with E-state index in [1.807, 2.05) is 42.2 Å². The number of nitrogens with zero attached hydrogens (tertiary/aromatic N) is 1. The zero-order valence-corrected chi connectivity index (χ0v) is 17.2. The molecule has 1 fully saturated rings. The number of thioether (sulfide) groups is 1. The fourth-order valence-corrected chi connectivity index (χ4v) is 4.66. The van der Waals surface area contributed by atoms with Gasteiger partial charge in [0.1, 0.15) is 5.06 Å². The van der Waals surface area contributed by atoms with Gasteiger partial charge in [-0.15, -0.1) is 11.8 Å². The second-order valence-electron chi connectivity index (χ2n) is 7.67. The molecule has 1 aromatic rings. The van der Waals surface area contributed by atoms with Crippen LogP contribution < -0.4 is 5.32 Å². The smallest absolute Gasteiger partial charge is 0.157 e. The van der Waals surface area contributed by atoms with Crippen LogP contribution in [0.1, 0.15) is 44.2 Å². The Morgan fingerprint density at radius 1 is 1.37 bits per heavy atom. The van der Waals surface area contributed by atoms with Crippen LogP contribution >= 0.6 is 23.4 Å². The van der Waals surface area contributed by atoms with Gasteiger partial charge in [-0.05, 0) is 67.6 Å². The number of hydrogen-bond donors (Lipinski definition) is 2. The van der Waals surface area contributed by atoms with Crippen molar-refractivity contribution in [1.29, 1.82) is 5.26 Å². The molecule has 0 bridgehead atoms. The van der Waals surface area contributed by atoms with Crippen molar-refractivity contribution in [2.24, 2.45) is 5.41 Å². The fraction of sp³-hybridized carbons (Fsp3) is 0.476. The SMILES string of the molecule is CC(C)(Cl)OC(O)CC1(CSC2=C(c3ccc(C#N)cc3)CNC=C2)CC1. The van der Waals surface area contributed by atoms with Gasteiger partial charge in [-0.2, -0.15) is 5.26 Å². The number of nitrogens with one attached hydrogen (secondary N) is 1. The molecule has 2 N–H and O–H groups in total. The molecule has 1 unspecified atom stereocenters. The molecular weight excluding hydrogens is 380 g/mol. The van der Waals surface area contributed by atoms with Crippen molar-refractivity contribution in [2.45, 2.75) is 44.5 Å². The predicted octanol–water partition coefficient (Wildman–Crippen LogP) is 4.60. The van der Waals surface area contributed by atoms with Crippen molar-refractivity contribution in [3.63, 3.8) is 0 Å². The summed E-state index contributed by atoms with van der Waals surface area (Å²) >= 11 is 7.88. The average molecular weight is 405 g/mol. The number of alkyl halides is 1. The highest BCUT2D eigenvalue weighted by molar-refractivity contribution is 8.03. The van der Waals surface area contributed by atoms with Gasteiger partial charge in [-0.3, -0.25) is 0 Å². The minimum absolute atomic E-state index is 0.119. The van der Waals surface area contributed by atoms with E-state index in [1.165, 1.54) is 10.5 Å². The monoisotopic (exact) mass is 404 g/mol. The summed E-state index contributed by atoms with van der Waals surface area (Å²) in [5.41, 5.74) is 3.15. The summed E-state index contributed by atoms with van der Waals surface area (Å²) in [5, 5.41) is 21.6. The molecule has 3 rings (SSSR count). The number of dihydropyridines is 1. The number of aliphatic hydroxyl groups is 1. The van der Waals surface area contributed by atoms with E-state index in [4.69, 9.17) is 21.6 Å². The summed E-state index contributed by atoms with van der Waals surface area (Å²) < 4.78 is 5.47. The molecule has 144 valence electrons. The lowest BCUT2D eigenvalue weighted by Gasteiger charge is -2.26. The third-order valence-corrected chi connectivity index (χ3v) is 6.35. The van der Waals surface area contributed by atoms with Crippen LogP contribution in [0.5, 0.6) is 0 Å². The Morgan fingerprint density at radius 3 is 2.67 bits per heavy atom. The summed E-state index contributed by atoms with van der Waals surface area (Å²) in [6, 6.07) is 9.87. The molecule has 27 heavy (non-hydrogen) atoms. The van der Waals surface area contributed by atoms with E-state index < -0.39 is 11.4 Å². The van der Waals surface area contributed by atoms with Crippen molar-refractivity contribution in [3.05, 3.63) is 52.6 Å². The first-order chi connectivity index (χ1) is 12.8. The maximum Gasteiger partial charge on any atom is 0.157 e. The second kappa shape index (κ2) is 8.28. The van der Waals surface area contributed by atoms with E-state index in [9.17, 15) is 5.11 Å². The van der Waals surface area contributed by atoms with Gasteiger partial charge in [0, 0.05) is 23.6 Å². The Bertz CT molecular complexity index is 771. The van der Waals surface area contributed by atoms with E-state index in [0.29, 0.717) is 12.0 Å². The van der Waals surface area contributed by atoms with Gasteiger partial charge in [0.05, 0.1) is 11.6 Å². The van der Waals surface area contributed by atoms with Gasteiger partial charge in [0.15, 0.2) is 6.29 Å². The van der Waals surface area contributed by atoms with Gasteiger partial charge in [-0.25, -0.2) is 0 Å². The molecule has 0 aromatic heterocycles. The number of aliphatic hydroxyl groups excluding tert-OH is 1. The summed E-state index contributed by atoms with van der Waals surface area (Å²) in [5.74, 6) is 0.940. The predicted molar refractivity (Wildman–Crippen MR) is 111 cm³/mol. The third-order valence-electron chi connectivity index (χ3n) is 4.81. The molecule has 0 amide bonds. The van der Waals surface area contributed by atoms with Crippen LogP contribution in [0.3, 0.4) is 0 Å². The molecule has 2 aliphatic rings. The van der Waals surface area contributed by atoms with Crippen LogP contribution in [0.25, 0.3) is 5.57 Å². The third kappa shape index (κ3) is 5.76.